The summed E-state index contributed by atoms with van der Waals surface area (Å²) in [5.41, 5.74) is 6.89. The SMILES string of the molecule is Cc1c(N)cccc1S(=O)(=O)C1CCOC2(CCC2)C1. The molecule has 3 rings (SSSR count). The number of nitrogens with two attached hydrogens (primary N) is 1. The molecule has 2 aliphatic rings. The van der Waals surface area contributed by atoms with Gasteiger partial charge < -0.3 is 10.5 Å². The summed E-state index contributed by atoms with van der Waals surface area (Å²) in [6.07, 6.45) is 4.34. The Morgan fingerprint density at radius 3 is 2.75 bits per heavy atom. The zero-order valence-corrected chi connectivity index (χ0v) is 12.6. The van der Waals surface area contributed by atoms with Crippen LogP contribution < -0.4 is 5.73 Å². The van der Waals surface area contributed by atoms with Crippen molar-refractivity contribution in [3.8, 4) is 0 Å². The number of anilines is 1. The van der Waals surface area contributed by atoms with Crippen LogP contribution in [0.15, 0.2) is 23.1 Å². The van der Waals surface area contributed by atoms with Crippen LogP contribution in [-0.4, -0.2) is 25.9 Å². The fourth-order valence-electron chi connectivity index (χ4n) is 3.29. The molecule has 0 aromatic heterocycles. The maximum Gasteiger partial charge on any atom is 0.181 e. The van der Waals surface area contributed by atoms with Gasteiger partial charge in [0, 0.05) is 12.3 Å². The summed E-state index contributed by atoms with van der Waals surface area (Å²) in [6.45, 7) is 2.33. The molecule has 1 aromatic carbocycles. The number of hydrogen-bond donors (Lipinski definition) is 1. The summed E-state index contributed by atoms with van der Waals surface area (Å²) >= 11 is 0. The van der Waals surface area contributed by atoms with Gasteiger partial charge in [-0.3, -0.25) is 0 Å². The topological polar surface area (TPSA) is 69.4 Å². The Morgan fingerprint density at radius 1 is 1.35 bits per heavy atom. The van der Waals surface area contributed by atoms with Gasteiger partial charge in [-0.2, -0.15) is 0 Å². The van der Waals surface area contributed by atoms with Crippen molar-refractivity contribution < 1.29 is 13.2 Å². The van der Waals surface area contributed by atoms with Crippen molar-refractivity contribution in [2.24, 2.45) is 0 Å². The highest BCUT2D eigenvalue weighted by Gasteiger charge is 2.46. The Balaban J connectivity index is 1.93. The molecule has 0 radical (unpaired) electrons. The molecule has 5 heteroatoms. The van der Waals surface area contributed by atoms with Gasteiger partial charge in [0.25, 0.3) is 0 Å². The van der Waals surface area contributed by atoms with Gasteiger partial charge in [-0.05, 0) is 56.7 Å². The van der Waals surface area contributed by atoms with E-state index in [1.54, 1.807) is 25.1 Å². The van der Waals surface area contributed by atoms with Gasteiger partial charge >= 0.3 is 0 Å². The third-order valence-electron chi connectivity index (χ3n) is 4.78. The first-order chi connectivity index (χ1) is 9.45. The van der Waals surface area contributed by atoms with Crippen LogP contribution in [0.5, 0.6) is 0 Å². The molecule has 1 saturated heterocycles. The molecule has 1 spiro atoms. The van der Waals surface area contributed by atoms with E-state index in [2.05, 4.69) is 0 Å². The molecule has 0 bridgehead atoms. The van der Waals surface area contributed by atoms with Crippen LogP contribution in [0.4, 0.5) is 5.69 Å². The summed E-state index contributed by atoms with van der Waals surface area (Å²) in [5.74, 6) is 0. The van der Waals surface area contributed by atoms with Crippen molar-refractivity contribution in [2.75, 3.05) is 12.3 Å². The lowest BCUT2D eigenvalue weighted by Crippen LogP contribution is -2.49. The van der Waals surface area contributed by atoms with E-state index in [0.717, 1.165) is 19.3 Å². The van der Waals surface area contributed by atoms with Crippen LogP contribution >= 0.6 is 0 Å². The highest BCUT2D eigenvalue weighted by atomic mass is 32.2. The first-order valence-electron chi connectivity index (χ1n) is 7.18. The van der Waals surface area contributed by atoms with Crippen LogP contribution in [0.3, 0.4) is 0 Å². The molecule has 1 aliphatic carbocycles. The molecule has 1 atom stereocenters. The van der Waals surface area contributed by atoms with E-state index in [-0.39, 0.29) is 10.9 Å². The van der Waals surface area contributed by atoms with Gasteiger partial charge in [0.05, 0.1) is 15.7 Å². The monoisotopic (exact) mass is 295 g/mol. The zero-order valence-electron chi connectivity index (χ0n) is 11.8. The van der Waals surface area contributed by atoms with Crippen molar-refractivity contribution in [1.82, 2.24) is 0 Å². The Kier molecular flexibility index (Phi) is 3.29. The fourth-order valence-corrected chi connectivity index (χ4v) is 5.39. The third-order valence-corrected chi connectivity index (χ3v) is 7.12. The van der Waals surface area contributed by atoms with Gasteiger partial charge in [0.15, 0.2) is 9.84 Å². The number of ether oxygens (including phenoxy) is 1. The molecule has 2 fully saturated rings. The van der Waals surface area contributed by atoms with Gasteiger partial charge in [0.1, 0.15) is 0 Å². The van der Waals surface area contributed by atoms with Crippen LogP contribution in [-0.2, 0) is 14.6 Å². The average molecular weight is 295 g/mol. The largest absolute Gasteiger partial charge is 0.398 e. The van der Waals surface area contributed by atoms with E-state index < -0.39 is 9.84 Å². The normalized spacial score (nSPS) is 25.4. The van der Waals surface area contributed by atoms with Crippen molar-refractivity contribution in [3.05, 3.63) is 23.8 Å². The van der Waals surface area contributed by atoms with E-state index in [1.807, 2.05) is 0 Å². The van der Waals surface area contributed by atoms with Crippen molar-refractivity contribution in [2.45, 2.75) is 54.8 Å². The number of rotatable bonds is 2. The lowest BCUT2D eigenvalue weighted by molar-refractivity contribution is -0.125. The molecule has 0 amide bonds. The molecule has 1 aliphatic heterocycles. The van der Waals surface area contributed by atoms with E-state index in [1.165, 1.54) is 0 Å². The van der Waals surface area contributed by atoms with Gasteiger partial charge in [-0.1, -0.05) is 6.07 Å². The molecular formula is C15H21NO3S. The Morgan fingerprint density at radius 2 is 2.10 bits per heavy atom. The maximum atomic E-state index is 12.9. The Labute approximate surface area is 120 Å². The van der Waals surface area contributed by atoms with E-state index >= 15 is 0 Å². The van der Waals surface area contributed by atoms with Crippen LogP contribution in [0.25, 0.3) is 0 Å². The zero-order chi connectivity index (χ0) is 14.4. The second-order valence-corrected chi connectivity index (χ2v) is 8.21. The molecule has 110 valence electrons. The first-order valence-corrected chi connectivity index (χ1v) is 8.72. The van der Waals surface area contributed by atoms with Crippen LogP contribution in [0.1, 0.15) is 37.7 Å². The Hall–Kier alpha value is -1.07. The van der Waals surface area contributed by atoms with Crippen molar-refractivity contribution >= 4 is 15.5 Å². The average Bonchev–Trinajstić information content (AvgIpc) is 2.40. The summed E-state index contributed by atoms with van der Waals surface area (Å²) in [4.78, 5) is 0.388. The molecule has 20 heavy (non-hydrogen) atoms. The molecular weight excluding hydrogens is 274 g/mol. The summed E-state index contributed by atoms with van der Waals surface area (Å²) in [5, 5.41) is -0.336. The number of sulfone groups is 1. The highest BCUT2D eigenvalue weighted by molar-refractivity contribution is 7.92. The predicted octanol–water partition coefficient (Wildman–Crippen LogP) is 2.45. The molecule has 1 unspecified atom stereocenters. The summed E-state index contributed by atoms with van der Waals surface area (Å²) in [7, 11) is -3.32. The lowest BCUT2D eigenvalue weighted by atomic mass is 9.75. The van der Waals surface area contributed by atoms with Gasteiger partial charge in [-0.25, -0.2) is 8.42 Å². The minimum atomic E-state index is -3.32. The smallest absolute Gasteiger partial charge is 0.181 e. The van der Waals surface area contributed by atoms with Gasteiger partial charge in [0.2, 0.25) is 0 Å². The van der Waals surface area contributed by atoms with Crippen LogP contribution in [0, 0.1) is 6.92 Å². The minimum Gasteiger partial charge on any atom is -0.398 e. The second kappa shape index (κ2) is 4.74. The van der Waals surface area contributed by atoms with E-state index in [0.29, 0.717) is 35.6 Å². The first kappa shape index (κ1) is 13.9. The van der Waals surface area contributed by atoms with E-state index in [9.17, 15) is 8.42 Å². The number of nitrogen functional groups attached to an aromatic ring is 1. The fraction of sp³-hybridized carbons (Fsp3) is 0.600. The van der Waals surface area contributed by atoms with Gasteiger partial charge in [-0.15, -0.1) is 0 Å². The lowest BCUT2D eigenvalue weighted by Gasteiger charge is -2.46. The molecule has 1 heterocycles. The highest BCUT2D eigenvalue weighted by Crippen LogP contribution is 2.45. The Bertz CT molecular complexity index is 620. The maximum absolute atomic E-state index is 12.9. The number of hydrogen-bond acceptors (Lipinski definition) is 4. The van der Waals surface area contributed by atoms with Crippen LogP contribution in [0.2, 0.25) is 0 Å². The minimum absolute atomic E-state index is 0.162. The molecule has 1 saturated carbocycles. The predicted molar refractivity (Wildman–Crippen MR) is 78.3 cm³/mol. The van der Waals surface area contributed by atoms with E-state index in [4.69, 9.17) is 10.5 Å². The van der Waals surface area contributed by atoms with Crippen molar-refractivity contribution in [1.29, 1.82) is 0 Å². The molecule has 2 N–H and O–H groups in total. The third kappa shape index (κ3) is 2.13. The number of benzene rings is 1. The quantitative estimate of drug-likeness (QED) is 0.851. The summed E-state index contributed by atoms with van der Waals surface area (Å²) < 4.78 is 31.6. The standard InChI is InChI=1S/C15H21NO3S/c1-11-13(16)4-2-5-14(11)20(17,18)12-6-9-19-15(10-12)7-3-8-15/h2,4-5,12H,3,6-10,16H2,1H3. The summed E-state index contributed by atoms with van der Waals surface area (Å²) in [6, 6.07) is 5.13. The molecule has 1 aromatic rings. The molecule has 4 nitrogen and oxygen atoms in total. The van der Waals surface area contributed by atoms with Crippen molar-refractivity contribution in [3.63, 3.8) is 0 Å². The second-order valence-electron chi connectivity index (χ2n) is 6.02.